The molecule has 0 fully saturated rings. The lowest BCUT2D eigenvalue weighted by Crippen LogP contribution is -1.94. The van der Waals surface area contributed by atoms with Crippen LogP contribution in [-0.4, -0.2) is 13.2 Å². The van der Waals surface area contributed by atoms with Crippen LogP contribution < -0.4 is 0 Å². The third-order valence-electron chi connectivity index (χ3n) is 2.09. The Labute approximate surface area is 83.2 Å². The fourth-order valence-corrected chi connectivity index (χ4v) is 1.23. The lowest BCUT2D eigenvalue weighted by molar-refractivity contribution is 0.157. The maximum atomic E-state index is 5.39. The van der Waals surface area contributed by atoms with Gasteiger partial charge in [0.15, 0.2) is 0 Å². The van der Waals surface area contributed by atoms with Gasteiger partial charge in [0.1, 0.15) is 0 Å². The quantitative estimate of drug-likeness (QED) is 0.389. The second-order valence-corrected chi connectivity index (χ2v) is 3.41. The minimum atomic E-state index is 0.783. The van der Waals surface area contributed by atoms with Gasteiger partial charge in [-0.15, -0.1) is 0 Å². The molecule has 0 atom stereocenters. The first-order chi connectivity index (χ1) is 6.41. The smallest absolute Gasteiger partial charge is 0.0647 e. The van der Waals surface area contributed by atoms with E-state index >= 15 is 0 Å². The van der Waals surface area contributed by atoms with Crippen molar-refractivity contribution in [2.75, 3.05) is 13.2 Å². The molecular formula is C12H24O. The fraction of sp³-hybridized carbons (Fsp3) is 0.833. The lowest BCUT2D eigenvalue weighted by atomic mass is 10.1. The summed E-state index contributed by atoms with van der Waals surface area (Å²) in [5.41, 5.74) is 0. The van der Waals surface area contributed by atoms with Crippen LogP contribution in [0.1, 0.15) is 52.4 Å². The zero-order valence-electron chi connectivity index (χ0n) is 9.22. The van der Waals surface area contributed by atoms with Crippen LogP contribution in [-0.2, 0) is 4.74 Å². The molecule has 0 spiro atoms. The molecule has 0 aromatic carbocycles. The molecule has 0 N–H and O–H groups in total. The summed E-state index contributed by atoms with van der Waals surface area (Å²) in [6.07, 6.45) is 12.1. The average molecular weight is 184 g/mol. The Kier molecular flexibility index (Phi) is 11.4. The molecule has 0 saturated heterocycles. The van der Waals surface area contributed by atoms with Gasteiger partial charge in [-0.2, -0.15) is 0 Å². The largest absolute Gasteiger partial charge is 0.377 e. The number of rotatable bonds is 9. The van der Waals surface area contributed by atoms with Gasteiger partial charge in [0, 0.05) is 6.61 Å². The van der Waals surface area contributed by atoms with E-state index in [9.17, 15) is 0 Å². The Bertz CT molecular complexity index is 108. The zero-order valence-corrected chi connectivity index (χ0v) is 9.22. The van der Waals surface area contributed by atoms with Crippen molar-refractivity contribution in [1.82, 2.24) is 0 Å². The summed E-state index contributed by atoms with van der Waals surface area (Å²) in [6, 6.07) is 0. The average Bonchev–Trinajstić information content (AvgIpc) is 2.16. The van der Waals surface area contributed by atoms with Gasteiger partial charge in [0.25, 0.3) is 0 Å². The maximum absolute atomic E-state index is 5.39. The number of hydrogen-bond acceptors (Lipinski definition) is 1. The molecule has 1 heteroatoms. The molecule has 0 amide bonds. The summed E-state index contributed by atoms with van der Waals surface area (Å²) >= 11 is 0. The van der Waals surface area contributed by atoms with Crippen LogP contribution in [0.4, 0.5) is 0 Å². The van der Waals surface area contributed by atoms with Crippen LogP contribution in [0.2, 0.25) is 0 Å². The minimum absolute atomic E-state index is 0.783. The Balaban J connectivity index is 2.83. The third kappa shape index (κ3) is 11.7. The van der Waals surface area contributed by atoms with Crippen molar-refractivity contribution >= 4 is 0 Å². The molecule has 0 saturated carbocycles. The van der Waals surface area contributed by atoms with E-state index in [0.717, 1.165) is 13.2 Å². The van der Waals surface area contributed by atoms with Crippen molar-refractivity contribution in [3.63, 3.8) is 0 Å². The van der Waals surface area contributed by atoms with Gasteiger partial charge < -0.3 is 4.74 Å². The SMILES string of the molecule is C/C=C/COCCCCCCCC. The van der Waals surface area contributed by atoms with E-state index < -0.39 is 0 Å². The first-order valence-electron chi connectivity index (χ1n) is 5.60. The fourth-order valence-electron chi connectivity index (χ4n) is 1.23. The predicted octanol–water partition coefficient (Wildman–Crippen LogP) is 3.94. The van der Waals surface area contributed by atoms with Crippen molar-refractivity contribution in [2.24, 2.45) is 0 Å². The number of ether oxygens (including phenoxy) is 1. The Morgan fingerprint density at radius 1 is 1.00 bits per heavy atom. The minimum Gasteiger partial charge on any atom is -0.377 e. The Morgan fingerprint density at radius 2 is 1.69 bits per heavy atom. The summed E-state index contributed by atoms with van der Waals surface area (Å²) in [6.45, 7) is 5.98. The van der Waals surface area contributed by atoms with Gasteiger partial charge in [0.05, 0.1) is 6.61 Å². The molecule has 0 aliphatic carbocycles. The second kappa shape index (κ2) is 11.7. The van der Waals surface area contributed by atoms with E-state index in [0.29, 0.717) is 0 Å². The first kappa shape index (κ1) is 12.7. The van der Waals surface area contributed by atoms with Gasteiger partial charge in [-0.05, 0) is 13.3 Å². The summed E-state index contributed by atoms with van der Waals surface area (Å²) in [5.74, 6) is 0. The van der Waals surface area contributed by atoms with Crippen LogP contribution in [0, 0.1) is 0 Å². The van der Waals surface area contributed by atoms with E-state index in [2.05, 4.69) is 13.0 Å². The van der Waals surface area contributed by atoms with Crippen molar-refractivity contribution < 1.29 is 4.74 Å². The van der Waals surface area contributed by atoms with E-state index in [-0.39, 0.29) is 0 Å². The second-order valence-electron chi connectivity index (χ2n) is 3.41. The number of allylic oxidation sites excluding steroid dienone is 1. The Morgan fingerprint density at radius 3 is 2.38 bits per heavy atom. The molecule has 0 radical (unpaired) electrons. The van der Waals surface area contributed by atoms with Gasteiger partial charge in [-0.3, -0.25) is 0 Å². The third-order valence-corrected chi connectivity index (χ3v) is 2.09. The molecule has 0 rings (SSSR count). The summed E-state index contributed by atoms with van der Waals surface area (Å²) in [7, 11) is 0. The summed E-state index contributed by atoms with van der Waals surface area (Å²) in [5, 5.41) is 0. The highest BCUT2D eigenvalue weighted by molar-refractivity contribution is 4.75. The number of hydrogen-bond donors (Lipinski definition) is 0. The predicted molar refractivity (Wildman–Crippen MR) is 59.0 cm³/mol. The van der Waals surface area contributed by atoms with Crippen LogP contribution in [0.25, 0.3) is 0 Å². The topological polar surface area (TPSA) is 9.23 Å². The van der Waals surface area contributed by atoms with E-state index in [4.69, 9.17) is 4.74 Å². The molecule has 0 aromatic heterocycles. The van der Waals surface area contributed by atoms with Crippen molar-refractivity contribution in [2.45, 2.75) is 52.4 Å². The molecule has 0 aromatic rings. The van der Waals surface area contributed by atoms with Crippen molar-refractivity contribution in [1.29, 1.82) is 0 Å². The van der Waals surface area contributed by atoms with E-state index in [1.165, 1.54) is 38.5 Å². The molecule has 0 unspecified atom stereocenters. The van der Waals surface area contributed by atoms with E-state index in [1.54, 1.807) is 0 Å². The highest BCUT2D eigenvalue weighted by atomic mass is 16.5. The molecule has 0 aliphatic rings. The zero-order chi connectivity index (χ0) is 9.78. The van der Waals surface area contributed by atoms with E-state index in [1.807, 2.05) is 13.0 Å². The maximum Gasteiger partial charge on any atom is 0.0647 e. The Hall–Kier alpha value is -0.300. The summed E-state index contributed by atoms with van der Waals surface area (Å²) < 4.78 is 5.39. The molecule has 0 bridgehead atoms. The lowest BCUT2D eigenvalue weighted by Gasteiger charge is -2.01. The van der Waals surface area contributed by atoms with Gasteiger partial charge in [-0.25, -0.2) is 0 Å². The summed E-state index contributed by atoms with van der Waals surface area (Å²) in [4.78, 5) is 0. The van der Waals surface area contributed by atoms with Gasteiger partial charge in [0.2, 0.25) is 0 Å². The van der Waals surface area contributed by atoms with Crippen molar-refractivity contribution in [3.05, 3.63) is 12.2 Å². The van der Waals surface area contributed by atoms with Crippen LogP contribution in [0.3, 0.4) is 0 Å². The normalized spacial score (nSPS) is 11.2. The molecule has 0 aliphatic heterocycles. The number of unbranched alkanes of at least 4 members (excludes halogenated alkanes) is 5. The molecular weight excluding hydrogens is 160 g/mol. The molecule has 13 heavy (non-hydrogen) atoms. The highest BCUT2D eigenvalue weighted by Gasteiger charge is 1.89. The molecule has 1 nitrogen and oxygen atoms in total. The molecule has 0 heterocycles. The standard InChI is InChI=1S/C12H24O/c1-3-5-7-8-9-10-12-13-11-6-4-2/h4,6H,3,5,7-12H2,1-2H3/b6-4+. The van der Waals surface area contributed by atoms with Gasteiger partial charge >= 0.3 is 0 Å². The van der Waals surface area contributed by atoms with Crippen LogP contribution in [0.5, 0.6) is 0 Å². The monoisotopic (exact) mass is 184 g/mol. The van der Waals surface area contributed by atoms with Crippen LogP contribution in [0.15, 0.2) is 12.2 Å². The highest BCUT2D eigenvalue weighted by Crippen LogP contribution is 2.04. The van der Waals surface area contributed by atoms with Gasteiger partial charge in [-0.1, -0.05) is 51.2 Å². The van der Waals surface area contributed by atoms with Crippen molar-refractivity contribution in [3.8, 4) is 0 Å². The van der Waals surface area contributed by atoms with Crippen LogP contribution >= 0.6 is 0 Å². The molecule has 78 valence electrons. The first-order valence-corrected chi connectivity index (χ1v) is 5.60.